The number of benzene rings is 1. The third kappa shape index (κ3) is 3.50. The average Bonchev–Trinajstić information content (AvgIpc) is 2.97. The lowest BCUT2D eigenvalue weighted by Gasteiger charge is -2.27. The molecule has 1 aliphatic heterocycles. The highest BCUT2D eigenvalue weighted by Crippen LogP contribution is 2.31. The van der Waals surface area contributed by atoms with Crippen molar-refractivity contribution in [3.63, 3.8) is 0 Å². The van der Waals surface area contributed by atoms with Gasteiger partial charge in [0.15, 0.2) is 0 Å². The molecule has 0 bridgehead atoms. The summed E-state index contributed by atoms with van der Waals surface area (Å²) >= 11 is 0. The lowest BCUT2D eigenvalue weighted by atomic mass is 10.1. The summed E-state index contributed by atoms with van der Waals surface area (Å²) in [5.41, 5.74) is 2.09. The Balaban J connectivity index is 2.08. The van der Waals surface area contributed by atoms with Gasteiger partial charge in [-0.2, -0.15) is 0 Å². The van der Waals surface area contributed by atoms with Gasteiger partial charge in [-0.15, -0.1) is 0 Å². The zero-order valence-electron chi connectivity index (χ0n) is 13.8. The first-order valence-corrected chi connectivity index (χ1v) is 8.09. The van der Waals surface area contributed by atoms with Crippen molar-refractivity contribution in [1.82, 2.24) is 10.2 Å². The molecule has 0 spiro atoms. The third-order valence-electron chi connectivity index (χ3n) is 4.77. The van der Waals surface area contributed by atoms with E-state index in [2.05, 4.69) is 42.0 Å². The Hall–Kier alpha value is -1.26. The van der Waals surface area contributed by atoms with Crippen LogP contribution in [0, 0.1) is 0 Å². The van der Waals surface area contributed by atoms with Gasteiger partial charge in [0.05, 0.1) is 0 Å². The molecule has 1 aliphatic rings. The van der Waals surface area contributed by atoms with Crippen LogP contribution in [0.15, 0.2) is 18.2 Å². The van der Waals surface area contributed by atoms with E-state index in [1.165, 1.54) is 6.42 Å². The molecule has 1 saturated heterocycles. The summed E-state index contributed by atoms with van der Waals surface area (Å²) in [6.07, 6.45) is 1.21. The van der Waals surface area contributed by atoms with Gasteiger partial charge >= 0.3 is 0 Å². The van der Waals surface area contributed by atoms with E-state index in [4.69, 9.17) is 0 Å². The minimum Gasteiger partial charge on any atom is -0.508 e. The van der Waals surface area contributed by atoms with Crippen LogP contribution in [-0.2, 0) is 0 Å². The second kappa shape index (κ2) is 7.14. The van der Waals surface area contributed by atoms with Gasteiger partial charge in [0.25, 0.3) is 0 Å². The Labute approximate surface area is 128 Å². The van der Waals surface area contributed by atoms with Crippen molar-refractivity contribution in [3.8, 4) is 5.75 Å². The highest BCUT2D eigenvalue weighted by molar-refractivity contribution is 5.54. The molecule has 2 N–H and O–H groups in total. The number of phenols is 1. The SMILES string of the molecule is CCN(CC)C1CCN(c2ccc(C(C)NC)c(O)c2)C1. The van der Waals surface area contributed by atoms with E-state index in [0.717, 1.165) is 37.4 Å². The van der Waals surface area contributed by atoms with E-state index in [-0.39, 0.29) is 6.04 Å². The van der Waals surface area contributed by atoms with Crippen LogP contribution < -0.4 is 10.2 Å². The molecule has 0 aromatic heterocycles. The van der Waals surface area contributed by atoms with Crippen molar-refractivity contribution in [2.75, 3.05) is 38.1 Å². The molecule has 2 unspecified atom stereocenters. The minimum absolute atomic E-state index is 0.168. The largest absolute Gasteiger partial charge is 0.508 e. The molecule has 0 saturated carbocycles. The molecule has 1 fully saturated rings. The van der Waals surface area contributed by atoms with Crippen molar-refractivity contribution in [1.29, 1.82) is 0 Å². The molecule has 1 aromatic rings. The Morgan fingerprint density at radius 2 is 2.10 bits per heavy atom. The van der Waals surface area contributed by atoms with Crippen molar-refractivity contribution < 1.29 is 5.11 Å². The monoisotopic (exact) mass is 291 g/mol. The second-order valence-electron chi connectivity index (χ2n) is 5.86. The summed E-state index contributed by atoms with van der Waals surface area (Å²) in [5.74, 6) is 0.389. The van der Waals surface area contributed by atoms with E-state index >= 15 is 0 Å². The van der Waals surface area contributed by atoms with Gasteiger partial charge in [-0.1, -0.05) is 19.9 Å². The topological polar surface area (TPSA) is 38.7 Å². The molecule has 2 atom stereocenters. The predicted molar refractivity (Wildman–Crippen MR) is 89.1 cm³/mol. The molecule has 1 heterocycles. The number of rotatable bonds is 6. The fraction of sp³-hybridized carbons (Fsp3) is 0.647. The maximum absolute atomic E-state index is 10.2. The Morgan fingerprint density at radius 3 is 2.67 bits per heavy atom. The molecule has 2 rings (SSSR count). The highest BCUT2D eigenvalue weighted by atomic mass is 16.3. The molecular formula is C17H29N3O. The van der Waals surface area contributed by atoms with E-state index in [1.807, 2.05) is 19.2 Å². The van der Waals surface area contributed by atoms with Crippen LogP contribution in [0.3, 0.4) is 0 Å². The summed E-state index contributed by atoms with van der Waals surface area (Å²) in [4.78, 5) is 4.91. The van der Waals surface area contributed by atoms with Crippen LogP contribution in [0.5, 0.6) is 5.75 Å². The fourth-order valence-electron chi connectivity index (χ4n) is 3.26. The van der Waals surface area contributed by atoms with Crippen molar-refractivity contribution in [2.45, 2.75) is 39.3 Å². The maximum Gasteiger partial charge on any atom is 0.122 e. The minimum atomic E-state index is 0.168. The number of nitrogens with zero attached hydrogens (tertiary/aromatic N) is 2. The van der Waals surface area contributed by atoms with Crippen LogP contribution in [-0.4, -0.2) is 49.3 Å². The molecule has 4 heteroatoms. The Morgan fingerprint density at radius 1 is 1.38 bits per heavy atom. The molecule has 0 aliphatic carbocycles. The van der Waals surface area contributed by atoms with Crippen LogP contribution in [0.4, 0.5) is 5.69 Å². The smallest absolute Gasteiger partial charge is 0.122 e. The number of phenolic OH excluding ortho intramolecular Hbond substituents is 1. The molecule has 1 aromatic carbocycles. The van der Waals surface area contributed by atoms with Crippen molar-refractivity contribution in [3.05, 3.63) is 23.8 Å². The van der Waals surface area contributed by atoms with Crippen molar-refractivity contribution >= 4 is 5.69 Å². The van der Waals surface area contributed by atoms with Gasteiger partial charge in [0.2, 0.25) is 0 Å². The maximum atomic E-state index is 10.2. The standard InChI is InChI=1S/C17H29N3O/c1-5-19(6-2)15-9-10-20(12-15)14-7-8-16(13(3)18-4)17(21)11-14/h7-8,11,13,15,18,21H,5-6,9-10,12H2,1-4H3. The van der Waals surface area contributed by atoms with E-state index in [1.54, 1.807) is 0 Å². The number of hydrogen-bond donors (Lipinski definition) is 2. The predicted octanol–water partition coefficient (Wildman–Crippen LogP) is 2.59. The van der Waals surface area contributed by atoms with Gasteiger partial charge in [0, 0.05) is 42.5 Å². The first-order chi connectivity index (χ1) is 10.1. The zero-order chi connectivity index (χ0) is 15.4. The summed E-state index contributed by atoms with van der Waals surface area (Å²) in [5, 5.41) is 13.4. The molecule has 118 valence electrons. The van der Waals surface area contributed by atoms with Crippen molar-refractivity contribution in [2.24, 2.45) is 0 Å². The summed E-state index contributed by atoms with van der Waals surface area (Å²) in [6, 6.07) is 6.89. The molecular weight excluding hydrogens is 262 g/mol. The number of anilines is 1. The van der Waals surface area contributed by atoms with Gasteiger partial charge < -0.3 is 15.3 Å². The zero-order valence-corrected chi connectivity index (χ0v) is 13.8. The molecule has 21 heavy (non-hydrogen) atoms. The number of likely N-dealkylation sites (N-methyl/N-ethyl adjacent to an activating group) is 1. The van der Waals surface area contributed by atoms with Gasteiger partial charge in [0.1, 0.15) is 5.75 Å². The first kappa shape index (κ1) is 16.1. The second-order valence-corrected chi connectivity index (χ2v) is 5.86. The molecule has 4 nitrogen and oxygen atoms in total. The number of aromatic hydroxyl groups is 1. The Kier molecular flexibility index (Phi) is 5.48. The summed E-state index contributed by atoms with van der Waals surface area (Å²) in [7, 11) is 1.91. The number of nitrogens with one attached hydrogen (secondary N) is 1. The normalized spacial score (nSPS) is 20.2. The van der Waals surface area contributed by atoms with Crippen LogP contribution in [0.2, 0.25) is 0 Å². The van der Waals surface area contributed by atoms with Crippen LogP contribution in [0.25, 0.3) is 0 Å². The first-order valence-electron chi connectivity index (χ1n) is 8.09. The van der Waals surface area contributed by atoms with Gasteiger partial charge in [-0.05, 0) is 39.5 Å². The van der Waals surface area contributed by atoms with Crippen LogP contribution >= 0.6 is 0 Å². The van der Waals surface area contributed by atoms with Gasteiger partial charge in [-0.25, -0.2) is 0 Å². The average molecular weight is 291 g/mol. The quantitative estimate of drug-likeness (QED) is 0.845. The lowest BCUT2D eigenvalue weighted by molar-refractivity contribution is 0.232. The van der Waals surface area contributed by atoms with E-state index in [0.29, 0.717) is 11.8 Å². The van der Waals surface area contributed by atoms with Crippen LogP contribution in [0.1, 0.15) is 38.8 Å². The van der Waals surface area contributed by atoms with E-state index < -0.39 is 0 Å². The Bertz CT molecular complexity index is 459. The summed E-state index contributed by atoms with van der Waals surface area (Å²) in [6.45, 7) is 10.9. The number of hydrogen-bond acceptors (Lipinski definition) is 4. The fourth-order valence-corrected chi connectivity index (χ4v) is 3.26. The van der Waals surface area contributed by atoms with Gasteiger partial charge in [-0.3, -0.25) is 4.90 Å². The van der Waals surface area contributed by atoms with E-state index in [9.17, 15) is 5.11 Å². The summed E-state index contributed by atoms with van der Waals surface area (Å²) < 4.78 is 0. The highest BCUT2D eigenvalue weighted by Gasteiger charge is 2.26. The third-order valence-corrected chi connectivity index (χ3v) is 4.77. The molecule has 0 radical (unpaired) electrons. The lowest BCUT2D eigenvalue weighted by Crippen LogP contribution is -2.37. The molecule has 0 amide bonds.